The van der Waals surface area contributed by atoms with Crippen molar-refractivity contribution in [2.45, 2.75) is 38.1 Å². The minimum atomic E-state index is 0.721. The topological polar surface area (TPSA) is 15.3 Å². The fourth-order valence-corrected chi connectivity index (χ4v) is 3.44. The zero-order valence-electron chi connectivity index (χ0n) is 11.4. The second-order valence-corrected chi connectivity index (χ2v) is 5.80. The minimum Gasteiger partial charge on any atom is -0.311 e. The van der Waals surface area contributed by atoms with Crippen LogP contribution in [0.1, 0.15) is 36.8 Å². The Hall–Kier alpha value is -0.860. The molecule has 0 aromatic heterocycles. The number of nitrogens with one attached hydrogen (secondary N) is 1. The monoisotopic (exact) mass is 244 g/mol. The summed E-state index contributed by atoms with van der Waals surface area (Å²) >= 11 is 0. The van der Waals surface area contributed by atoms with Gasteiger partial charge in [0.05, 0.1) is 0 Å². The molecule has 2 heteroatoms. The lowest BCUT2D eigenvalue weighted by atomic mass is 9.77. The quantitative estimate of drug-likeness (QED) is 0.875. The van der Waals surface area contributed by atoms with Gasteiger partial charge in [-0.25, -0.2) is 0 Å². The lowest BCUT2D eigenvalue weighted by Gasteiger charge is -2.39. The predicted molar refractivity (Wildman–Crippen MR) is 76.0 cm³/mol. The van der Waals surface area contributed by atoms with Gasteiger partial charge in [-0.05, 0) is 24.0 Å². The van der Waals surface area contributed by atoms with Gasteiger partial charge in [-0.2, -0.15) is 0 Å². The first-order chi connectivity index (χ1) is 8.86. The van der Waals surface area contributed by atoms with Gasteiger partial charge in [0.2, 0.25) is 0 Å². The molecule has 0 amide bonds. The third-order valence-corrected chi connectivity index (χ3v) is 4.42. The van der Waals surface area contributed by atoms with Crippen LogP contribution in [0.15, 0.2) is 24.3 Å². The van der Waals surface area contributed by atoms with Crippen LogP contribution in [0.2, 0.25) is 0 Å². The molecule has 2 atom stereocenters. The molecule has 1 aromatic carbocycles. The van der Waals surface area contributed by atoms with E-state index in [1.54, 1.807) is 11.1 Å². The van der Waals surface area contributed by atoms with Crippen LogP contribution in [0, 0.1) is 0 Å². The van der Waals surface area contributed by atoms with Gasteiger partial charge in [-0.1, -0.05) is 37.6 Å². The van der Waals surface area contributed by atoms with Gasteiger partial charge in [0, 0.05) is 38.1 Å². The van der Waals surface area contributed by atoms with Crippen LogP contribution in [-0.2, 0) is 6.42 Å². The van der Waals surface area contributed by atoms with Gasteiger partial charge < -0.3 is 5.32 Å². The number of piperazine rings is 1. The SMILES string of the molecule is CCCC1CN(CC2Cc3ccccc32)CCN1. The molecule has 1 aliphatic carbocycles. The van der Waals surface area contributed by atoms with Gasteiger partial charge in [-0.15, -0.1) is 0 Å². The van der Waals surface area contributed by atoms with E-state index in [0.29, 0.717) is 0 Å². The molecule has 1 N–H and O–H groups in total. The third kappa shape index (κ3) is 2.45. The Morgan fingerprint density at radius 1 is 1.33 bits per heavy atom. The maximum atomic E-state index is 3.64. The molecule has 1 saturated heterocycles. The van der Waals surface area contributed by atoms with Crippen molar-refractivity contribution in [1.82, 2.24) is 10.2 Å². The predicted octanol–water partition coefficient (Wildman–Crippen LogP) is 2.40. The second kappa shape index (κ2) is 5.41. The van der Waals surface area contributed by atoms with E-state index in [9.17, 15) is 0 Å². The molecule has 0 saturated carbocycles. The number of hydrogen-bond acceptors (Lipinski definition) is 2. The number of nitrogens with zero attached hydrogens (tertiary/aromatic N) is 1. The van der Waals surface area contributed by atoms with E-state index in [-0.39, 0.29) is 0 Å². The fraction of sp³-hybridized carbons (Fsp3) is 0.625. The summed E-state index contributed by atoms with van der Waals surface area (Å²) in [6.45, 7) is 7.17. The molecule has 2 aliphatic rings. The minimum absolute atomic E-state index is 0.721. The van der Waals surface area contributed by atoms with Crippen molar-refractivity contribution in [2.24, 2.45) is 0 Å². The second-order valence-electron chi connectivity index (χ2n) is 5.80. The highest BCUT2D eigenvalue weighted by Gasteiger charge is 2.28. The molecule has 3 rings (SSSR count). The first-order valence-corrected chi connectivity index (χ1v) is 7.40. The van der Waals surface area contributed by atoms with Crippen LogP contribution in [0.4, 0.5) is 0 Å². The molecule has 98 valence electrons. The lowest BCUT2D eigenvalue weighted by molar-refractivity contribution is 0.179. The van der Waals surface area contributed by atoms with E-state index in [1.807, 2.05) is 0 Å². The molecule has 0 radical (unpaired) electrons. The largest absolute Gasteiger partial charge is 0.311 e. The first-order valence-electron chi connectivity index (χ1n) is 7.40. The fourth-order valence-electron chi connectivity index (χ4n) is 3.44. The molecule has 2 unspecified atom stereocenters. The summed E-state index contributed by atoms with van der Waals surface area (Å²) in [5.41, 5.74) is 3.17. The van der Waals surface area contributed by atoms with Crippen molar-refractivity contribution < 1.29 is 0 Å². The van der Waals surface area contributed by atoms with Crippen molar-refractivity contribution in [3.05, 3.63) is 35.4 Å². The molecule has 0 bridgehead atoms. The standard InChI is InChI=1S/C16H24N2/c1-2-5-15-12-18(9-8-17-15)11-14-10-13-6-3-4-7-16(13)14/h3-4,6-7,14-15,17H,2,5,8-12H2,1H3. The lowest BCUT2D eigenvalue weighted by Crippen LogP contribution is -2.52. The Morgan fingerprint density at radius 3 is 3.06 bits per heavy atom. The molecule has 18 heavy (non-hydrogen) atoms. The number of benzene rings is 1. The summed E-state index contributed by atoms with van der Waals surface area (Å²) in [7, 11) is 0. The smallest absolute Gasteiger partial charge is 0.0195 e. The van der Waals surface area contributed by atoms with Crippen LogP contribution in [0.5, 0.6) is 0 Å². The molecular weight excluding hydrogens is 220 g/mol. The van der Waals surface area contributed by atoms with Crippen LogP contribution in [0.25, 0.3) is 0 Å². The number of rotatable bonds is 4. The Balaban J connectivity index is 1.55. The van der Waals surface area contributed by atoms with E-state index in [2.05, 4.69) is 41.4 Å². The van der Waals surface area contributed by atoms with E-state index >= 15 is 0 Å². The maximum Gasteiger partial charge on any atom is 0.0195 e. The van der Waals surface area contributed by atoms with Crippen molar-refractivity contribution in [3.63, 3.8) is 0 Å². The normalized spacial score (nSPS) is 27.6. The highest BCUT2D eigenvalue weighted by molar-refractivity contribution is 5.40. The molecule has 1 aliphatic heterocycles. The Labute approximate surface area is 110 Å². The summed E-state index contributed by atoms with van der Waals surface area (Å²) < 4.78 is 0. The highest BCUT2D eigenvalue weighted by atomic mass is 15.2. The van der Waals surface area contributed by atoms with Gasteiger partial charge in [0.15, 0.2) is 0 Å². The van der Waals surface area contributed by atoms with E-state index in [0.717, 1.165) is 12.0 Å². The van der Waals surface area contributed by atoms with Gasteiger partial charge in [0.1, 0.15) is 0 Å². The van der Waals surface area contributed by atoms with E-state index in [1.165, 1.54) is 45.4 Å². The number of hydrogen-bond donors (Lipinski definition) is 1. The van der Waals surface area contributed by atoms with Crippen LogP contribution >= 0.6 is 0 Å². The first kappa shape index (κ1) is 12.2. The zero-order valence-corrected chi connectivity index (χ0v) is 11.4. The molecule has 2 nitrogen and oxygen atoms in total. The number of fused-ring (bicyclic) bond motifs is 1. The molecule has 1 heterocycles. The van der Waals surface area contributed by atoms with Gasteiger partial charge in [0.25, 0.3) is 0 Å². The Bertz CT molecular complexity index is 400. The molecule has 0 spiro atoms. The third-order valence-electron chi connectivity index (χ3n) is 4.42. The van der Waals surface area contributed by atoms with E-state index in [4.69, 9.17) is 0 Å². The highest BCUT2D eigenvalue weighted by Crippen LogP contribution is 2.35. The van der Waals surface area contributed by atoms with Gasteiger partial charge >= 0.3 is 0 Å². The molecule has 1 aromatic rings. The van der Waals surface area contributed by atoms with Crippen LogP contribution in [0.3, 0.4) is 0 Å². The summed E-state index contributed by atoms with van der Waals surface area (Å²) in [6, 6.07) is 9.66. The average molecular weight is 244 g/mol. The van der Waals surface area contributed by atoms with Crippen molar-refractivity contribution in [3.8, 4) is 0 Å². The summed E-state index contributed by atoms with van der Waals surface area (Å²) in [6.07, 6.45) is 3.90. The van der Waals surface area contributed by atoms with Crippen LogP contribution < -0.4 is 5.32 Å². The average Bonchev–Trinajstić information content (AvgIpc) is 2.37. The van der Waals surface area contributed by atoms with E-state index < -0.39 is 0 Å². The van der Waals surface area contributed by atoms with Crippen molar-refractivity contribution in [2.75, 3.05) is 26.2 Å². The summed E-state index contributed by atoms with van der Waals surface area (Å²) in [5, 5.41) is 3.64. The zero-order chi connectivity index (χ0) is 12.4. The van der Waals surface area contributed by atoms with Crippen molar-refractivity contribution >= 4 is 0 Å². The maximum absolute atomic E-state index is 3.64. The Morgan fingerprint density at radius 2 is 2.22 bits per heavy atom. The molecular formula is C16H24N2. The summed E-state index contributed by atoms with van der Waals surface area (Å²) in [4.78, 5) is 2.66. The Kier molecular flexibility index (Phi) is 3.67. The van der Waals surface area contributed by atoms with Crippen LogP contribution in [-0.4, -0.2) is 37.1 Å². The van der Waals surface area contributed by atoms with Gasteiger partial charge in [-0.3, -0.25) is 4.90 Å². The molecule has 1 fully saturated rings. The summed E-state index contributed by atoms with van der Waals surface area (Å²) in [5.74, 6) is 0.793. The van der Waals surface area contributed by atoms with Crippen molar-refractivity contribution in [1.29, 1.82) is 0 Å².